The molecule has 0 aliphatic carbocycles. The van der Waals surface area contributed by atoms with Gasteiger partial charge < -0.3 is 5.73 Å². The van der Waals surface area contributed by atoms with Crippen molar-refractivity contribution >= 4 is 23.0 Å². The molecule has 2 amide bonds. The van der Waals surface area contributed by atoms with Crippen LogP contribution in [0.5, 0.6) is 0 Å². The van der Waals surface area contributed by atoms with Gasteiger partial charge in [0.25, 0.3) is 0 Å². The number of nitrogens with two attached hydrogens (primary N) is 1. The zero-order chi connectivity index (χ0) is 9.97. The Morgan fingerprint density at radius 2 is 2.07 bits per heavy atom. The normalized spacial score (nSPS) is 10.0. The highest BCUT2D eigenvalue weighted by molar-refractivity contribution is 5.87. The van der Waals surface area contributed by atoms with Gasteiger partial charge in [-0.2, -0.15) is 0 Å². The van der Waals surface area contributed by atoms with E-state index in [1.54, 1.807) is 18.3 Å². The number of nitrogens with one attached hydrogen (secondary N) is 1. The third-order valence-electron chi connectivity index (χ3n) is 1.58. The molecule has 0 radical (unpaired) electrons. The summed E-state index contributed by atoms with van der Waals surface area (Å²) in [7, 11) is 0. The van der Waals surface area contributed by atoms with E-state index in [1.165, 1.54) is 6.20 Å². The van der Waals surface area contributed by atoms with E-state index >= 15 is 0 Å². The van der Waals surface area contributed by atoms with Crippen LogP contribution in [-0.2, 0) is 0 Å². The van der Waals surface area contributed by atoms with Gasteiger partial charge in [0.15, 0.2) is 5.65 Å². The predicted molar refractivity (Wildman–Crippen MR) is 50.5 cm³/mol. The fourth-order valence-corrected chi connectivity index (χ4v) is 1.05. The molecule has 2 aromatic rings. The van der Waals surface area contributed by atoms with E-state index in [1.807, 2.05) is 0 Å². The van der Waals surface area contributed by atoms with Crippen molar-refractivity contribution in [2.75, 3.05) is 5.32 Å². The largest absolute Gasteiger partial charge is 0.351 e. The molecule has 0 atom stereocenters. The minimum atomic E-state index is -0.652. The molecule has 70 valence electrons. The van der Waals surface area contributed by atoms with Gasteiger partial charge in [-0.25, -0.2) is 14.8 Å². The van der Waals surface area contributed by atoms with Crippen LogP contribution in [0.25, 0.3) is 11.2 Å². The highest BCUT2D eigenvalue weighted by atomic mass is 16.2. The average Bonchev–Trinajstić information content (AvgIpc) is 2.17. The summed E-state index contributed by atoms with van der Waals surface area (Å²) in [5.41, 5.74) is 6.08. The lowest BCUT2D eigenvalue weighted by Gasteiger charge is -2.00. The molecule has 0 spiro atoms. The highest BCUT2D eigenvalue weighted by Gasteiger charge is 2.00. The molecule has 0 aliphatic heterocycles. The lowest BCUT2D eigenvalue weighted by atomic mass is 10.4. The quantitative estimate of drug-likeness (QED) is 0.683. The molecule has 0 fully saturated rings. The molecule has 0 saturated heterocycles. The van der Waals surface area contributed by atoms with Gasteiger partial charge in [0, 0.05) is 12.4 Å². The van der Waals surface area contributed by atoms with Gasteiger partial charge >= 0.3 is 6.03 Å². The number of pyridine rings is 1. The van der Waals surface area contributed by atoms with Gasteiger partial charge in [0.05, 0.1) is 0 Å². The van der Waals surface area contributed by atoms with Gasteiger partial charge in [-0.05, 0) is 12.1 Å². The highest BCUT2D eigenvalue weighted by Crippen LogP contribution is 2.09. The number of carbonyl (C=O) groups is 1. The Morgan fingerprint density at radius 3 is 2.86 bits per heavy atom. The first-order chi connectivity index (χ1) is 6.75. The first-order valence-corrected chi connectivity index (χ1v) is 3.90. The minimum Gasteiger partial charge on any atom is -0.351 e. The standard InChI is InChI=1S/C8H7N5O/c9-8(14)13-6-2-1-5-7(12-6)11-4-3-10-5/h1-4H,(H3,9,11,12,13,14). The zero-order valence-corrected chi connectivity index (χ0v) is 7.14. The van der Waals surface area contributed by atoms with Gasteiger partial charge in [0.1, 0.15) is 11.3 Å². The fourth-order valence-electron chi connectivity index (χ4n) is 1.05. The predicted octanol–water partition coefficient (Wildman–Crippen LogP) is 0.515. The van der Waals surface area contributed by atoms with E-state index < -0.39 is 6.03 Å². The first-order valence-electron chi connectivity index (χ1n) is 3.90. The number of primary amides is 1. The summed E-state index contributed by atoms with van der Waals surface area (Å²) < 4.78 is 0. The van der Waals surface area contributed by atoms with Crippen molar-refractivity contribution in [3.8, 4) is 0 Å². The number of hydrogen-bond donors (Lipinski definition) is 2. The lowest BCUT2D eigenvalue weighted by molar-refractivity contribution is 0.259. The number of aromatic nitrogens is 3. The van der Waals surface area contributed by atoms with Crippen molar-refractivity contribution in [2.45, 2.75) is 0 Å². The molecule has 0 bridgehead atoms. The number of anilines is 1. The van der Waals surface area contributed by atoms with E-state index in [-0.39, 0.29) is 0 Å². The molecule has 0 saturated carbocycles. The number of fused-ring (bicyclic) bond motifs is 1. The number of amides is 2. The SMILES string of the molecule is NC(=O)Nc1ccc2nccnc2n1. The number of rotatable bonds is 1. The maximum Gasteiger partial charge on any atom is 0.317 e. The summed E-state index contributed by atoms with van der Waals surface area (Å²) in [6.07, 6.45) is 3.11. The van der Waals surface area contributed by atoms with Gasteiger partial charge in [-0.15, -0.1) is 0 Å². The summed E-state index contributed by atoms with van der Waals surface area (Å²) in [5.74, 6) is 0.366. The molecule has 2 heterocycles. The van der Waals surface area contributed by atoms with Crippen molar-refractivity contribution in [1.29, 1.82) is 0 Å². The van der Waals surface area contributed by atoms with Crippen molar-refractivity contribution in [3.05, 3.63) is 24.5 Å². The Bertz CT molecular complexity index is 484. The summed E-state index contributed by atoms with van der Waals surface area (Å²) in [6.45, 7) is 0. The summed E-state index contributed by atoms with van der Waals surface area (Å²) in [5, 5.41) is 2.36. The number of hydrogen-bond acceptors (Lipinski definition) is 4. The van der Waals surface area contributed by atoms with Crippen LogP contribution in [0.4, 0.5) is 10.6 Å². The molecule has 14 heavy (non-hydrogen) atoms. The van der Waals surface area contributed by atoms with Crippen molar-refractivity contribution < 1.29 is 4.79 Å². The van der Waals surface area contributed by atoms with E-state index in [4.69, 9.17) is 5.73 Å². The summed E-state index contributed by atoms with van der Waals surface area (Å²) >= 11 is 0. The Morgan fingerprint density at radius 1 is 1.29 bits per heavy atom. The van der Waals surface area contributed by atoms with Gasteiger partial charge in [0.2, 0.25) is 0 Å². The van der Waals surface area contributed by atoms with Crippen LogP contribution >= 0.6 is 0 Å². The topological polar surface area (TPSA) is 93.8 Å². The molecular formula is C8H7N5O. The lowest BCUT2D eigenvalue weighted by Crippen LogP contribution is -2.19. The number of urea groups is 1. The Hall–Kier alpha value is -2.24. The summed E-state index contributed by atoms with van der Waals surface area (Å²) in [6, 6.07) is 2.67. The molecule has 3 N–H and O–H groups in total. The smallest absolute Gasteiger partial charge is 0.317 e. The molecule has 2 rings (SSSR count). The van der Waals surface area contributed by atoms with Crippen molar-refractivity contribution in [1.82, 2.24) is 15.0 Å². The number of nitrogens with zero attached hydrogens (tertiary/aromatic N) is 3. The first kappa shape index (κ1) is 8.36. The fraction of sp³-hybridized carbons (Fsp3) is 0. The number of carbonyl (C=O) groups excluding carboxylic acids is 1. The zero-order valence-electron chi connectivity index (χ0n) is 7.14. The third-order valence-corrected chi connectivity index (χ3v) is 1.58. The third kappa shape index (κ3) is 1.58. The molecule has 0 aromatic carbocycles. The van der Waals surface area contributed by atoms with Crippen LogP contribution < -0.4 is 11.1 Å². The molecular weight excluding hydrogens is 182 g/mol. The molecule has 6 nitrogen and oxygen atoms in total. The minimum absolute atomic E-state index is 0.366. The van der Waals surface area contributed by atoms with Gasteiger partial charge in [-0.3, -0.25) is 10.3 Å². The van der Waals surface area contributed by atoms with E-state index in [0.717, 1.165) is 0 Å². The van der Waals surface area contributed by atoms with Crippen LogP contribution in [-0.4, -0.2) is 21.0 Å². The molecule has 6 heteroatoms. The molecule has 2 aromatic heterocycles. The molecule has 0 unspecified atom stereocenters. The van der Waals surface area contributed by atoms with Crippen LogP contribution in [0.2, 0.25) is 0 Å². The average molecular weight is 189 g/mol. The second kappa shape index (κ2) is 3.25. The van der Waals surface area contributed by atoms with Crippen molar-refractivity contribution in [2.24, 2.45) is 5.73 Å². The van der Waals surface area contributed by atoms with Crippen LogP contribution in [0, 0.1) is 0 Å². The van der Waals surface area contributed by atoms with E-state index in [9.17, 15) is 4.79 Å². The second-order valence-electron chi connectivity index (χ2n) is 2.58. The maximum atomic E-state index is 10.5. The van der Waals surface area contributed by atoms with Crippen molar-refractivity contribution in [3.63, 3.8) is 0 Å². The second-order valence-corrected chi connectivity index (χ2v) is 2.58. The van der Waals surface area contributed by atoms with Crippen LogP contribution in [0.15, 0.2) is 24.5 Å². The molecule has 0 aliphatic rings. The monoisotopic (exact) mass is 189 g/mol. The van der Waals surface area contributed by atoms with E-state index in [2.05, 4.69) is 20.3 Å². The Balaban J connectivity index is 2.46. The van der Waals surface area contributed by atoms with E-state index in [0.29, 0.717) is 17.0 Å². The summed E-state index contributed by atoms with van der Waals surface area (Å²) in [4.78, 5) is 22.6. The van der Waals surface area contributed by atoms with Crippen LogP contribution in [0.1, 0.15) is 0 Å². The van der Waals surface area contributed by atoms with Gasteiger partial charge in [-0.1, -0.05) is 0 Å². The van der Waals surface area contributed by atoms with Crippen LogP contribution in [0.3, 0.4) is 0 Å². The Labute approximate surface area is 79.2 Å². The Kier molecular flexibility index (Phi) is 1.94. The maximum absolute atomic E-state index is 10.5.